The van der Waals surface area contributed by atoms with Gasteiger partial charge in [0.2, 0.25) is 0 Å². The van der Waals surface area contributed by atoms with Gasteiger partial charge in [0, 0.05) is 0 Å². The van der Waals surface area contributed by atoms with Crippen LogP contribution < -0.4 is 0 Å². The predicted molar refractivity (Wildman–Crippen MR) is 56.6 cm³/mol. The maximum absolute atomic E-state index is 10.5. The Morgan fingerprint density at radius 1 is 1.36 bits per heavy atom. The van der Waals surface area contributed by atoms with Gasteiger partial charge < -0.3 is 5.11 Å². The third-order valence-corrected chi connectivity index (χ3v) is 2.58. The van der Waals surface area contributed by atoms with Crippen LogP contribution in [0.15, 0.2) is 18.2 Å². The van der Waals surface area contributed by atoms with Gasteiger partial charge in [0.15, 0.2) is 0 Å². The molecule has 1 N–H and O–H groups in total. The Bertz CT molecular complexity index is 342. The van der Waals surface area contributed by atoms with Crippen LogP contribution in [-0.2, 0) is 4.79 Å². The maximum atomic E-state index is 10.5. The molecule has 0 aliphatic heterocycles. The van der Waals surface area contributed by atoms with Gasteiger partial charge in [-0.15, -0.1) is 0 Å². The zero-order valence-electron chi connectivity index (χ0n) is 8.87. The first-order valence-corrected chi connectivity index (χ1v) is 4.79. The lowest BCUT2D eigenvalue weighted by Crippen LogP contribution is -2.03. The van der Waals surface area contributed by atoms with E-state index in [0.29, 0.717) is 0 Å². The molecule has 0 saturated heterocycles. The molecular formula is C12H16O2. The largest absolute Gasteiger partial charge is 0.481 e. The highest BCUT2D eigenvalue weighted by Gasteiger charge is 2.10. The molecule has 0 heterocycles. The molecule has 0 radical (unpaired) electrons. The summed E-state index contributed by atoms with van der Waals surface area (Å²) in [7, 11) is 0. The molecule has 76 valence electrons. The van der Waals surface area contributed by atoms with E-state index in [-0.39, 0.29) is 12.3 Å². The first kappa shape index (κ1) is 10.8. The average molecular weight is 192 g/mol. The standard InChI is InChI=1S/C12H16O2/c1-8-4-5-11(6-9(8)2)10(3)7-12(13)14/h4-6,10H,7H2,1-3H3,(H,13,14)/t10-/m1/s1. The van der Waals surface area contributed by atoms with Gasteiger partial charge in [0.25, 0.3) is 0 Å². The monoisotopic (exact) mass is 192 g/mol. The molecule has 0 fully saturated rings. The fourth-order valence-corrected chi connectivity index (χ4v) is 1.45. The molecule has 1 atom stereocenters. The zero-order chi connectivity index (χ0) is 10.7. The quantitative estimate of drug-likeness (QED) is 0.799. The lowest BCUT2D eigenvalue weighted by Gasteiger charge is -2.10. The summed E-state index contributed by atoms with van der Waals surface area (Å²) in [5.74, 6) is -0.650. The van der Waals surface area contributed by atoms with Crippen LogP contribution in [0.2, 0.25) is 0 Å². The number of hydrogen-bond acceptors (Lipinski definition) is 1. The molecule has 0 bridgehead atoms. The van der Waals surface area contributed by atoms with Crippen LogP contribution in [0.3, 0.4) is 0 Å². The highest BCUT2D eigenvalue weighted by molar-refractivity contribution is 5.68. The first-order chi connectivity index (χ1) is 6.50. The summed E-state index contributed by atoms with van der Waals surface area (Å²) in [6.07, 6.45) is 0.197. The Hall–Kier alpha value is -1.31. The van der Waals surface area contributed by atoms with E-state index in [0.717, 1.165) is 5.56 Å². The van der Waals surface area contributed by atoms with Crippen molar-refractivity contribution in [2.45, 2.75) is 33.1 Å². The molecule has 0 aliphatic rings. The normalized spacial score (nSPS) is 12.5. The smallest absolute Gasteiger partial charge is 0.303 e. The lowest BCUT2D eigenvalue weighted by molar-refractivity contribution is -0.137. The van der Waals surface area contributed by atoms with E-state index in [4.69, 9.17) is 5.11 Å². The highest BCUT2D eigenvalue weighted by Crippen LogP contribution is 2.21. The van der Waals surface area contributed by atoms with Crippen molar-refractivity contribution in [3.05, 3.63) is 34.9 Å². The molecule has 1 rings (SSSR count). The molecule has 0 amide bonds. The number of carboxylic acids is 1. The van der Waals surface area contributed by atoms with Gasteiger partial charge in [-0.25, -0.2) is 0 Å². The van der Waals surface area contributed by atoms with E-state index in [1.54, 1.807) is 0 Å². The third kappa shape index (κ3) is 2.59. The minimum absolute atomic E-state index is 0.0896. The molecule has 0 saturated carbocycles. The van der Waals surface area contributed by atoms with Gasteiger partial charge in [-0.3, -0.25) is 4.79 Å². The van der Waals surface area contributed by atoms with Crippen LogP contribution in [0.5, 0.6) is 0 Å². The van der Waals surface area contributed by atoms with Gasteiger partial charge >= 0.3 is 5.97 Å². The molecular weight excluding hydrogens is 176 g/mol. The van der Waals surface area contributed by atoms with Crippen molar-refractivity contribution in [1.29, 1.82) is 0 Å². The maximum Gasteiger partial charge on any atom is 0.303 e. The number of rotatable bonds is 3. The second kappa shape index (κ2) is 4.27. The fourth-order valence-electron chi connectivity index (χ4n) is 1.45. The molecule has 0 aliphatic carbocycles. The number of aliphatic carboxylic acids is 1. The minimum Gasteiger partial charge on any atom is -0.481 e. The molecule has 1 aromatic carbocycles. The van der Waals surface area contributed by atoms with Gasteiger partial charge in [0.05, 0.1) is 6.42 Å². The van der Waals surface area contributed by atoms with Crippen molar-refractivity contribution in [1.82, 2.24) is 0 Å². The first-order valence-electron chi connectivity index (χ1n) is 4.79. The summed E-state index contributed by atoms with van der Waals surface area (Å²) in [5.41, 5.74) is 3.58. The van der Waals surface area contributed by atoms with Crippen LogP contribution in [0.4, 0.5) is 0 Å². The van der Waals surface area contributed by atoms with E-state index in [2.05, 4.69) is 13.0 Å². The van der Waals surface area contributed by atoms with Crippen LogP contribution in [0, 0.1) is 13.8 Å². The fraction of sp³-hybridized carbons (Fsp3) is 0.417. The molecule has 14 heavy (non-hydrogen) atoms. The molecule has 1 aromatic rings. The van der Waals surface area contributed by atoms with Crippen molar-refractivity contribution < 1.29 is 9.90 Å². The van der Waals surface area contributed by atoms with Gasteiger partial charge in [-0.2, -0.15) is 0 Å². The highest BCUT2D eigenvalue weighted by atomic mass is 16.4. The number of aryl methyl sites for hydroxylation is 2. The van der Waals surface area contributed by atoms with Gasteiger partial charge in [-0.05, 0) is 36.5 Å². The second-order valence-corrected chi connectivity index (χ2v) is 3.84. The van der Waals surface area contributed by atoms with E-state index in [9.17, 15) is 4.79 Å². The molecule has 2 nitrogen and oxygen atoms in total. The summed E-state index contributed by atoms with van der Waals surface area (Å²) >= 11 is 0. The van der Waals surface area contributed by atoms with Gasteiger partial charge in [-0.1, -0.05) is 25.1 Å². The molecule has 2 heteroatoms. The Morgan fingerprint density at radius 3 is 2.50 bits per heavy atom. The van der Waals surface area contributed by atoms with E-state index in [1.165, 1.54) is 11.1 Å². The summed E-state index contributed by atoms with van der Waals surface area (Å²) in [4.78, 5) is 10.5. The van der Waals surface area contributed by atoms with Crippen LogP contribution in [0.25, 0.3) is 0 Å². The molecule has 0 unspecified atom stereocenters. The van der Waals surface area contributed by atoms with Crippen molar-refractivity contribution in [3.8, 4) is 0 Å². The summed E-state index contributed by atoms with van der Waals surface area (Å²) in [5, 5.41) is 8.67. The van der Waals surface area contributed by atoms with Crippen molar-refractivity contribution in [3.63, 3.8) is 0 Å². The SMILES string of the molecule is Cc1ccc([C@H](C)CC(=O)O)cc1C. The van der Waals surface area contributed by atoms with E-state index >= 15 is 0 Å². The predicted octanol–water partition coefficient (Wildman–Crippen LogP) is 2.88. The lowest BCUT2D eigenvalue weighted by atomic mass is 9.95. The van der Waals surface area contributed by atoms with E-state index < -0.39 is 5.97 Å². The zero-order valence-corrected chi connectivity index (χ0v) is 8.87. The third-order valence-electron chi connectivity index (χ3n) is 2.58. The number of benzene rings is 1. The number of hydrogen-bond donors (Lipinski definition) is 1. The molecule has 0 spiro atoms. The van der Waals surface area contributed by atoms with Crippen molar-refractivity contribution >= 4 is 5.97 Å². The summed E-state index contributed by atoms with van der Waals surface area (Å²) in [6, 6.07) is 6.13. The van der Waals surface area contributed by atoms with Crippen LogP contribution in [0.1, 0.15) is 36.0 Å². The van der Waals surface area contributed by atoms with Gasteiger partial charge in [0.1, 0.15) is 0 Å². The topological polar surface area (TPSA) is 37.3 Å². The Morgan fingerprint density at radius 2 is 2.00 bits per heavy atom. The van der Waals surface area contributed by atoms with Crippen molar-refractivity contribution in [2.75, 3.05) is 0 Å². The Kier molecular flexibility index (Phi) is 3.28. The molecule has 0 aromatic heterocycles. The number of carbonyl (C=O) groups is 1. The minimum atomic E-state index is -0.740. The van der Waals surface area contributed by atoms with Crippen molar-refractivity contribution in [2.24, 2.45) is 0 Å². The summed E-state index contributed by atoms with van der Waals surface area (Å²) < 4.78 is 0. The van der Waals surface area contributed by atoms with Crippen LogP contribution in [-0.4, -0.2) is 11.1 Å². The average Bonchev–Trinajstić information content (AvgIpc) is 2.08. The van der Waals surface area contributed by atoms with E-state index in [1.807, 2.05) is 26.0 Å². The number of carboxylic acid groups (broad SMARTS) is 1. The Labute approximate surface area is 84.6 Å². The second-order valence-electron chi connectivity index (χ2n) is 3.84. The Balaban J connectivity index is 2.85. The van der Waals surface area contributed by atoms with Crippen LogP contribution >= 0.6 is 0 Å². The summed E-state index contributed by atoms with van der Waals surface area (Å²) in [6.45, 7) is 6.05.